The van der Waals surface area contributed by atoms with Gasteiger partial charge in [-0.2, -0.15) is 31.0 Å². The van der Waals surface area contributed by atoms with Crippen molar-refractivity contribution < 1.29 is 36.0 Å². The molecule has 0 radical (unpaired) electrons. The number of carbonyl (C=O) groups is 3. The van der Waals surface area contributed by atoms with Crippen molar-refractivity contribution in [2.75, 3.05) is 20.6 Å². The summed E-state index contributed by atoms with van der Waals surface area (Å²) >= 11 is 6.36. The maximum absolute atomic E-state index is 13.6. The van der Waals surface area contributed by atoms with Gasteiger partial charge in [-0.05, 0) is 60.2 Å². The molecule has 1 saturated heterocycles. The average Bonchev–Trinajstić information content (AvgIpc) is 3.29. The van der Waals surface area contributed by atoms with E-state index in [9.17, 15) is 36.0 Å². The second kappa shape index (κ2) is 10.9. The van der Waals surface area contributed by atoms with Crippen LogP contribution in [0.5, 0.6) is 0 Å². The summed E-state index contributed by atoms with van der Waals surface area (Å²) in [5.41, 5.74) is 0.704. The molecule has 4 rings (SSSR count). The van der Waals surface area contributed by atoms with Gasteiger partial charge in [0.2, 0.25) is 0 Å². The fraction of sp³-hybridized carbons (Fsp3) is 0.250. The summed E-state index contributed by atoms with van der Waals surface area (Å²) in [6.07, 6.45) is -3.17. The van der Waals surface area contributed by atoms with Gasteiger partial charge in [-0.1, -0.05) is 23.7 Å². The topological polar surface area (TPSA) is 122 Å². The van der Waals surface area contributed by atoms with Crippen LogP contribution in [-0.2, 0) is 32.5 Å². The number of rotatable bonds is 7. The van der Waals surface area contributed by atoms with Crippen molar-refractivity contribution >= 4 is 67.6 Å². The smallest absolute Gasteiger partial charge is 0.272 e. The summed E-state index contributed by atoms with van der Waals surface area (Å²) in [6.45, 7) is 0.730. The molecular formula is C24H21ClF3N5O5S2. The van der Waals surface area contributed by atoms with Crippen molar-refractivity contribution in [2.24, 2.45) is 0 Å². The number of thioether (sulfide) groups is 1. The van der Waals surface area contributed by atoms with E-state index in [4.69, 9.17) is 11.6 Å². The molecule has 0 saturated carbocycles. The zero-order valence-electron chi connectivity index (χ0n) is 21.1. The van der Waals surface area contributed by atoms with Crippen LogP contribution in [0.2, 0.25) is 5.02 Å². The quantitative estimate of drug-likeness (QED) is 0.399. The number of nitrogens with zero attached hydrogens (tertiary/aromatic N) is 4. The molecule has 1 aliphatic heterocycles. The first-order chi connectivity index (χ1) is 18.6. The fourth-order valence-corrected chi connectivity index (χ4v) is 5.42. The highest BCUT2D eigenvalue weighted by Crippen LogP contribution is 2.35. The van der Waals surface area contributed by atoms with E-state index in [1.807, 2.05) is 0 Å². The second-order valence-electron chi connectivity index (χ2n) is 8.90. The van der Waals surface area contributed by atoms with Crippen LogP contribution < -0.4 is 4.72 Å². The molecule has 0 aliphatic carbocycles. The van der Waals surface area contributed by atoms with E-state index in [0.717, 1.165) is 10.4 Å². The number of hydrogen-bond acceptors (Lipinski definition) is 7. The Morgan fingerprint density at radius 1 is 1.18 bits per heavy atom. The Bertz CT molecular complexity index is 1690. The Hall–Kier alpha value is -3.40. The zero-order valence-corrected chi connectivity index (χ0v) is 23.5. The van der Waals surface area contributed by atoms with E-state index in [0.29, 0.717) is 38.8 Å². The van der Waals surface area contributed by atoms with Gasteiger partial charge in [0.25, 0.3) is 17.1 Å². The lowest BCUT2D eigenvalue weighted by atomic mass is 10.1. The Morgan fingerprint density at radius 3 is 2.52 bits per heavy atom. The first-order valence-corrected chi connectivity index (χ1v) is 14.0. The van der Waals surface area contributed by atoms with Crippen LogP contribution in [0.15, 0.2) is 41.3 Å². The van der Waals surface area contributed by atoms with Gasteiger partial charge in [0.15, 0.2) is 0 Å². The van der Waals surface area contributed by atoms with Crippen molar-refractivity contribution in [2.45, 2.75) is 19.6 Å². The van der Waals surface area contributed by atoms with Gasteiger partial charge in [-0.3, -0.25) is 24.0 Å². The van der Waals surface area contributed by atoms with Gasteiger partial charge >= 0.3 is 16.4 Å². The first-order valence-electron chi connectivity index (χ1n) is 11.4. The predicted molar refractivity (Wildman–Crippen MR) is 143 cm³/mol. The number of imide groups is 1. The van der Waals surface area contributed by atoms with E-state index in [2.05, 4.69) is 5.10 Å². The number of hydrogen-bond donors (Lipinski definition) is 1. The Kier molecular flexibility index (Phi) is 8.04. The van der Waals surface area contributed by atoms with E-state index in [-0.39, 0.29) is 22.0 Å². The van der Waals surface area contributed by atoms with Crippen LogP contribution in [0.1, 0.15) is 22.4 Å². The number of alkyl halides is 3. The van der Waals surface area contributed by atoms with E-state index in [1.54, 1.807) is 29.8 Å². The molecule has 1 N–H and O–H groups in total. The van der Waals surface area contributed by atoms with Crippen LogP contribution in [0.4, 0.5) is 18.0 Å². The number of aryl methyl sites for hydroxylation is 1. The first kappa shape index (κ1) is 29.6. The highest BCUT2D eigenvalue weighted by atomic mass is 35.5. The molecule has 16 heteroatoms. The van der Waals surface area contributed by atoms with E-state index in [1.165, 1.54) is 37.0 Å². The summed E-state index contributed by atoms with van der Waals surface area (Å²) < 4.78 is 68.3. The summed E-state index contributed by atoms with van der Waals surface area (Å²) in [4.78, 5) is 37.9. The third-order valence-electron chi connectivity index (χ3n) is 5.85. The summed E-state index contributed by atoms with van der Waals surface area (Å²) in [5, 5.41) is 4.21. The molecule has 10 nitrogen and oxygen atoms in total. The van der Waals surface area contributed by atoms with Gasteiger partial charge in [0.05, 0.1) is 28.2 Å². The van der Waals surface area contributed by atoms with Crippen LogP contribution >= 0.6 is 23.4 Å². The molecule has 1 aliphatic rings. The molecular weight excluding hydrogens is 595 g/mol. The average molecular weight is 616 g/mol. The van der Waals surface area contributed by atoms with Crippen LogP contribution in [0, 0.1) is 6.92 Å². The van der Waals surface area contributed by atoms with Crippen LogP contribution in [0.25, 0.3) is 17.0 Å². The molecule has 2 aromatic carbocycles. The van der Waals surface area contributed by atoms with Gasteiger partial charge in [0.1, 0.15) is 6.54 Å². The van der Waals surface area contributed by atoms with Crippen molar-refractivity contribution in [3.63, 3.8) is 0 Å². The molecule has 1 fully saturated rings. The molecule has 0 bridgehead atoms. The molecule has 3 amide bonds. The third kappa shape index (κ3) is 6.16. The van der Waals surface area contributed by atoms with Gasteiger partial charge in [-0.15, -0.1) is 0 Å². The minimum absolute atomic E-state index is 0.00800. The minimum Gasteiger partial charge on any atom is -0.272 e. The van der Waals surface area contributed by atoms with Gasteiger partial charge < -0.3 is 0 Å². The molecule has 2 heterocycles. The maximum Gasteiger partial charge on any atom is 0.416 e. The largest absolute Gasteiger partial charge is 0.416 e. The standard InChI is InChI=1S/C24H21ClF3N5O5S2/c1-13-17-8-14(9-20-22(35)32(23(36)39-20)12-21(34)30-40(37,38)31(2)3)4-7-19(17)33(29-13)11-15-5-6-16(25)10-18(15)24(26,27)28/h4-10H,11-12H2,1-3H3,(H,30,34). The minimum atomic E-state index is -4.60. The maximum atomic E-state index is 13.6. The lowest BCUT2D eigenvalue weighted by Crippen LogP contribution is -2.45. The number of amides is 3. The van der Waals surface area contributed by atoms with E-state index >= 15 is 0 Å². The summed E-state index contributed by atoms with van der Waals surface area (Å²) in [7, 11) is -1.68. The summed E-state index contributed by atoms with van der Waals surface area (Å²) in [6, 6.07) is 8.46. The molecule has 3 aromatic rings. The SMILES string of the molecule is Cc1nn(Cc2ccc(Cl)cc2C(F)(F)F)c2ccc(C=C3SC(=O)N(CC(=O)NS(=O)(=O)N(C)C)C3=O)cc12. The van der Waals surface area contributed by atoms with Crippen molar-refractivity contribution in [1.29, 1.82) is 0 Å². The van der Waals surface area contributed by atoms with Crippen molar-refractivity contribution in [3.05, 3.63) is 68.7 Å². The van der Waals surface area contributed by atoms with Crippen molar-refractivity contribution in [3.8, 4) is 0 Å². The molecule has 0 atom stereocenters. The monoisotopic (exact) mass is 615 g/mol. The number of carbonyl (C=O) groups excluding carboxylic acids is 3. The lowest BCUT2D eigenvalue weighted by molar-refractivity contribution is -0.138. The second-order valence-corrected chi connectivity index (χ2v) is 12.2. The number of aromatic nitrogens is 2. The molecule has 0 unspecified atom stereocenters. The molecule has 1 aromatic heterocycles. The number of benzene rings is 2. The van der Waals surface area contributed by atoms with Crippen molar-refractivity contribution in [1.82, 2.24) is 23.7 Å². The number of fused-ring (bicyclic) bond motifs is 1. The highest BCUT2D eigenvalue weighted by Gasteiger charge is 2.37. The number of halogens is 4. The molecule has 0 spiro atoms. The van der Waals surface area contributed by atoms with Crippen LogP contribution in [-0.4, -0.2) is 65.1 Å². The van der Waals surface area contributed by atoms with Gasteiger partial charge in [-0.25, -0.2) is 4.72 Å². The normalized spacial score (nSPS) is 15.6. The fourth-order valence-electron chi connectivity index (χ4n) is 3.88. The van der Waals surface area contributed by atoms with Crippen LogP contribution in [0.3, 0.4) is 0 Å². The molecule has 40 heavy (non-hydrogen) atoms. The lowest BCUT2D eigenvalue weighted by Gasteiger charge is -2.15. The zero-order chi connectivity index (χ0) is 29.6. The molecule has 212 valence electrons. The summed E-state index contributed by atoms with van der Waals surface area (Å²) in [5.74, 6) is -1.83. The Balaban J connectivity index is 1.57. The number of nitrogens with one attached hydrogen (secondary N) is 1. The van der Waals surface area contributed by atoms with E-state index < -0.39 is 45.5 Å². The predicted octanol–water partition coefficient (Wildman–Crippen LogP) is 4.02. The Morgan fingerprint density at radius 2 is 1.88 bits per heavy atom. The third-order valence-corrected chi connectivity index (χ3v) is 8.44. The Labute approximate surface area is 235 Å². The highest BCUT2D eigenvalue weighted by molar-refractivity contribution is 8.18. The van der Waals surface area contributed by atoms with Gasteiger partial charge in [0, 0.05) is 24.5 Å².